The van der Waals surface area contributed by atoms with Crippen LogP contribution in [0.1, 0.15) is 181 Å². The molecule has 3 aliphatic heterocycles. The first kappa shape index (κ1) is 80.2. The minimum atomic E-state index is -3.45. The van der Waals surface area contributed by atoms with Crippen LogP contribution in [-0.2, 0) is 55.1 Å². The van der Waals surface area contributed by atoms with Crippen molar-refractivity contribution in [2.75, 3.05) is 73.5 Å². The number of piperidine rings is 3. The van der Waals surface area contributed by atoms with E-state index in [0.717, 1.165) is 161 Å². The lowest BCUT2D eigenvalue weighted by atomic mass is 9.76. The normalized spacial score (nSPS) is 18.6. The molecule has 8 heterocycles. The lowest BCUT2D eigenvalue weighted by molar-refractivity contribution is -0.164. The van der Waals surface area contributed by atoms with Crippen molar-refractivity contribution in [1.82, 2.24) is 47.0 Å². The van der Waals surface area contributed by atoms with Crippen molar-refractivity contribution < 1.29 is 40.3 Å². The maximum atomic E-state index is 11.4. The highest BCUT2D eigenvalue weighted by Crippen LogP contribution is 2.50. The zero-order valence-electron chi connectivity index (χ0n) is 59.7. The summed E-state index contributed by atoms with van der Waals surface area (Å²) in [6.45, 7) is 11.8. The molecule has 560 valence electrons. The van der Waals surface area contributed by atoms with Crippen LogP contribution < -0.4 is 0 Å². The predicted molar refractivity (Wildman–Crippen MR) is 425 cm³/mol. The van der Waals surface area contributed by atoms with E-state index in [-0.39, 0.29) is 31.8 Å². The third kappa shape index (κ3) is 21.2. The Kier molecular flexibility index (Phi) is 29.8. The second kappa shape index (κ2) is 39.0. The van der Waals surface area contributed by atoms with E-state index in [0.29, 0.717) is 35.6 Å². The van der Waals surface area contributed by atoms with Crippen LogP contribution >= 0.6 is 71.5 Å². The van der Waals surface area contributed by atoms with Crippen LogP contribution in [0.3, 0.4) is 0 Å². The van der Waals surface area contributed by atoms with Gasteiger partial charge in [-0.3, -0.25) is 19.1 Å². The SMILES string of the molecule is C.COOSN1CCC(C2c3ccc(Cl)cc3C=C(CCCOS(C)(=O)=O)c3cccnc32)CC1.COOSN1CCC(C2c3ccc(Cl)cc3C=C(CCCn3cnc(C)c3)c3cccnc32)CC1.COOSN1CCC(C2c3ccc(Cl)cc3C=C(CCCn3cncc3C)c3cccnc32)CC1. The lowest BCUT2D eigenvalue weighted by Gasteiger charge is -2.35. The molecule has 8 aromatic rings. The van der Waals surface area contributed by atoms with E-state index in [4.69, 9.17) is 81.6 Å². The highest BCUT2D eigenvalue weighted by molar-refractivity contribution is 7.92. The minimum absolute atomic E-state index is 0. The molecule has 26 heteroatoms. The number of fused-ring (bicyclic) bond motifs is 6. The molecule has 3 aromatic carbocycles. The highest BCUT2D eigenvalue weighted by atomic mass is 35.5. The summed E-state index contributed by atoms with van der Waals surface area (Å²) >= 11 is 23.2. The van der Waals surface area contributed by atoms with Gasteiger partial charge in [0.1, 0.15) is 36.7 Å². The van der Waals surface area contributed by atoms with Gasteiger partial charge in [-0.05, 0) is 230 Å². The van der Waals surface area contributed by atoms with Gasteiger partial charge >= 0.3 is 0 Å². The van der Waals surface area contributed by atoms with Crippen LogP contribution in [0.15, 0.2) is 135 Å². The van der Waals surface area contributed by atoms with Gasteiger partial charge in [-0.2, -0.15) is 8.42 Å². The number of nitrogens with zero attached hydrogens (tertiary/aromatic N) is 10. The summed E-state index contributed by atoms with van der Waals surface area (Å²) in [5.74, 6) is 2.00. The third-order valence-electron chi connectivity index (χ3n) is 20.4. The quantitative estimate of drug-likeness (QED) is 0.0131. The average Bonchev–Trinajstić information content (AvgIpc) is 1.67. The Morgan fingerprint density at radius 2 is 0.886 bits per heavy atom. The summed E-state index contributed by atoms with van der Waals surface area (Å²) in [6.07, 6.45) is 33.1. The van der Waals surface area contributed by atoms with Gasteiger partial charge < -0.3 is 9.13 Å². The van der Waals surface area contributed by atoms with Gasteiger partial charge in [0.15, 0.2) is 0 Å². The molecule has 0 radical (unpaired) electrons. The molecule has 3 fully saturated rings. The van der Waals surface area contributed by atoms with Crippen molar-refractivity contribution in [2.24, 2.45) is 17.8 Å². The molecule has 105 heavy (non-hydrogen) atoms. The number of rotatable bonds is 25. The van der Waals surface area contributed by atoms with Crippen molar-refractivity contribution in [3.05, 3.63) is 228 Å². The molecule has 0 spiro atoms. The molecule has 3 unspecified atom stereocenters. The number of benzene rings is 3. The minimum Gasteiger partial charge on any atom is -0.337 e. The molecule has 19 nitrogen and oxygen atoms in total. The van der Waals surface area contributed by atoms with Crippen LogP contribution in [0.25, 0.3) is 34.9 Å². The topological polar surface area (TPSA) is 183 Å². The average molecular weight is 1560 g/mol. The van der Waals surface area contributed by atoms with Crippen LogP contribution in [-0.4, -0.2) is 129 Å². The summed E-state index contributed by atoms with van der Waals surface area (Å²) in [5.41, 5.74) is 20.5. The fourth-order valence-corrected chi connectivity index (χ4v) is 18.1. The number of pyridine rings is 3. The zero-order valence-corrected chi connectivity index (χ0v) is 65.2. The predicted octanol–water partition coefficient (Wildman–Crippen LogP) is 19.1. The molecular formula is C79H95Cl3N10O9S4. The maximum Gasteiger partial charge on any atom is 0.264 e. The molecule has 5 aromatic heterocycles. The van der Waals surface area contributed by atoms with Gasteiger partial charge in [0.2, 0.25) is 0 Å². The van der Waals surface area contributed by atoms with Gasteiger partial charge in [0.25, 0.3) is 10.1 Å². The van der Waals surface area contributed by atoms with Crippen molar-refractivity contribution in [3.63, 3.8) is 0 Å². The molecule has 6 aliphatic rings. The van der Waals surface area contributed by atoms with Gasteiger partial charge in [-0.25, -0.2) is 37.5 Å². The largest absolute Gasteiger partial charge is 0.337 e. The van der Waals surface area contributed by atoms with Crippen LogP contribution in [0.5, 0.6) is 0 Å². The van der Waals surface area contributed by atoms with E-state index in [1.165, 1.54) is 125 Å². The molecule has 0 N–H and O–H groups in total. The second-order valence-electron chi connectivity index (χ2n) is 27.1. The Labute approximate surface area is 647 Å². The fourth-order valence-electron chi connectivity index (χ4n) is 15.6. The zero-order chi connectivity index (χ0) is 72.5. The molecule has 3 aliphatic carbocycles. The number of aromatic nitrogens is 7. The van der Waals surface area contributed by atoms with E-state index in [2.05, 4.69) is 124 Å². The fraction of sp³-hybridized carbons (Fsp3) is 0.430. The monoisotopic (exact) mass is 1560 g/mol. The Bertz CT molecular complexity index is 4390. The first-order valence-electron chi connectivity index (χ1n) is 35.6. The first-order valence-corrected chi connectivity index (χ1v) is 40.7. The lowest BCUT2D eigenvalue weighted by Crippen LogP contribution is -2.32. The number of hydrogen-bond donors (Lipinski definition) is 0. The van der Waals surface area contributed by atoms with Crippen LogP contribution in [0.2, 0.25) is 15.1 Å². The van der Waals surface area contributed by atoms with E-state index in [9.17, 15) is 8.42 Å². The summed E-state index contributed by atoms with van der Waals surface area (Å²) in [5, 5.41) is 2.23. The summed E-state index contributed by atoms with van der Waals surface area (Å²) in [7, 11) is 1.13. The standard InChI is InChI=1S/2C27H31ClN4O2S.C24H29ClN2O5S2.CH4/c1-19-17-29-18-31(19)12-4-5-21-15-22-16-23(28)7-8-24(22)26(27-25(21)6-3-11-30-27)20-9-13-32(14-10-20)35-34-33-2;1-19-17-31(18-30-19)12-4-5-21-15-22-16-23(28)7-8-24(22)26(27-25(21)6-3-11-29-27)20-9-13-32(14-10-20)35-34-33-2;1-30-32-33-27-12-9-17(10-13-27)23-21-8-7-20(25)16-19(21)15-18(5-4-14-31-34(2,28)29)22-6-3-11-26-24(22)23;/h2*3,6-8,11,15-18,20,26H,4-5,9-10,12-14H2,1-2H3;3,6-8,11,15-17,23H,4-5,9-10,12-14H2,1-2H3;1H4. The van der Waals surface area contributed by atoms with E-state index >= 15 is 0 Å². The smallest absolute Gasteiger partial charge is 0.264 e. The van der Waals surface area contributed by atoms with Crippen LogP contribution in [0.4, 0.5) is 0 Å². The number of halogens is 3. The summed E-state index contributed by atoms with van der Waals surface area (Å²) < 4.78 is 53.9. The highest BCUT2D eigenvalue weighted by Gasteiger charge is 2.39. The Balaban J connectivity index is 0.000000157. The van der Waals surface area contributed by atoms with Crippen LogP contribution in [0, 0.1) is 31.6 Å². The third-order valence-corrected chi connectivity index (χ3v) is 24.0. The number of aryl methyl sites for hydroxylation is 4. The van der Waals surface area contributed by atoms with Gasteiger partial charge in [0, 0.05) is 122 Å². The van der Waals surface area contributed by atoms with Crippen molar-refractivity contribution in [1.29, 1.82) is 0 Å². The van der Waals surface area contributed by atoms with Crippen molar-refractivity contribution in [2.45, 2.75) is 129 Å². The number of allylic oxidation sites excluding steroid dienone is 3. The molecule has 3 saturated heterocycles. The molecule has 0 amide bonds. The van der Waals surface area contributed by atoms with Crippen molar-refractivity contribution in [3.8, 4) is 0 Å². The van der Waals surface area contributed by atoms with E-state index < -0.39 is 10.1 Å². The number of imidazole rings is 2. The number of hydrogen-bond acceptors (Lipinski definition) is 20. The van der Waals surface area contributed by atoms with Crippen molar-refractivity contribution >= 4 is 117 Å². The Morgan fingerprint density at radius 1 is 0.505 bits per heavy atom. The van der Waals surface area contributed by atoms with Gasteiger partial charge in [0.05, 0.1) is 69.6 Å². The Hall–Kier alpha value is -5.78. The molecule has 3 atom stereocenters. The second-order valence-corrected chi connectivity index (χ2v) is 32.5. The van der Waals surface area contributed by atoms with Gasteiger partial charge in [-0.1, -0.05) is 96.9 Å². The van der Waals surface area contributed by atoms with E-state index in [1.54, 1.807) is 0 Å². The maximum absolute atomic E-state index is 11.4. The van der Waals surface area contributed by atoms with Gasteiger partial charge in [-0.15, -0.1) is 13.0 Å². The Morgan fingerprint density at radius 3 is 1.23 bits per heavy atom. The molecule has 0 bridgehead atoms. The first-order chi connectivity index (χ1) is 50.6. The van der Waals surface area contributed by atoms with E-state index in [1.807, 2.05) is 74.7 Å². The molecule has 14 rings (SSSR count). The molecular weight excluding hydrogens is 1470 g/mol. The molecule has 0 saturated carbocycles. The summed E-state index contributed by atoms with van der Waals surface area (Å²) in [6, 6.07) is 31.5. The summed E-state index contributed by atoms with van der Waals surface area (Å²) in [4.78, 5) is 37.8.